The van der Waals surface area contributed by atoms with Crippen LogP contribution in [-0.4, -0.2) is 48.7 Å². The van der Waals surface area contributed by atoms with Crippen molar-refractivity contribution in [1.82, 2.24) is 4.90 Å². The summed E-state index contributed by atoms with van der Waals surface area (Å²) in [7, 11) is 0. The number of nitrogens with zero attached hydrogens (tertiary/aromatic N) is 1. The smallest absolute Gasteiger partial charge is 0.410 e. The van der Waals surface area contributed by atoms with E-state index in [0.717, 1.165) is 18.4 Å². The predicted octanol–water partition coefficient (Wildman–Crippen LogP) is 4.61. The van der Waals surface area contributed by atoms with E-state index < -0.39 is 5.82 Å². The Morgan fingerprint density at radius 1 is 1.03 bits per heavy atom. The minimum absolute atomic E-state index is 0.130. The van der Waals surface area contributed by atoms with Gasteiger partial charge in [-0.3, -0.25) is 9.69 Å². The van der Waals surface area contributed by atoms with Gasteiger partial charge in [0.1, 0.15) is 18.2 Å². The van der Waals surface area contributed by atoms with Gasteiger partial charge in [0.2, 0.25) is 0 Å². The zero-order valence-corrected chi connectivity index (χ0v) is 18.5. The number of Topliss-reactive ketones (excluding diaryl/α,β-unsaturated/α-hetero) is 1. The Morgan fingerprint density at radius 2 is 1.76 bits per heavy atom. The summed E-state index contributed by atoms with van der Waals surface area (Å²) in [4.78, 5) is 28.0. The van der Waals surface area contributed by atoms with E-state index in [1.54, 1.807) is 11.0 Å². The number of piperidine rings is 1. The third-order valence-electron chi connectivity index (χ3n) is 6.69. The van der Waals surface area contributed by atoms with Crippen molar-refractivity contribution in [1.29, 1.82) is 0 Å². The monoisotopic (exact) mass is 453 g/mol. The maximum Gasteiger partial charge on any atom is 0.410 e. The van der Waals surface area contributed by atoms with Gasteiger partial charge in [0.15, 0.2) is 5.78 Å². The van der Waals surface area contributed by atoms with Gasteiger partial charge < -0.3 is 14.2 Å². The van der Waals surface area contributed by atoms with Crippen molar-refractivity contribution in [2.24, 2.45) is 11.8 Å². The van der Waals surface area contributed by atoms with Crippen molar-refractivity contribution in [3.63, 3.8) is 0 Å². The Balaban J connectivity index is 1.27. The number of halogens is 1. The van der Waals surface area contributed by atoms with Crippen LogP contribution in [0.4, 0.5) is 9.18 Å². The van der Waals surface area contributed by atoms with E-state index >= 15 is 0 Å². The number of morpholine rings is 1. The fraction of sp³-hybridized carbons (Fsp3) is 0.462. The number of hydrogen-bond donors (Lipinski definition) is 0. The molecule has 0 spiro atoms. The molecule has 33 heavy (non-hydrogen) atoms. The Bertz CT molecular complexity index is 995. The fourth-order valence-electron chi connectivity index (χ4n) is 4.75. The van der Waals surface area contributed by atoms with Crippen LogP contribution in [0.25, 0.3) is 0 Å². The van der Waals surface area contributed by atoms with Crippen LogP contribution in [-0.2, 0) is 16.1 Å². The van der Waals surface area contributed by atoms with E-state index in [1.807, 2.05) is 30.3 Å². The molecule has 1 saturated carbocycles. The largest absolute Gasteiger partial charge is 0.493 e. The highest BCUT2D eigenvalue weighted by Gasteiger charge is 2.45. The van der Waals surface area contributed by atoms with Crippen LogP contribution < -0.4 is 4.74 Å². The van der Waals surface area contributed by atoms with Gasteiger partial charge in [0.05, 0.1) is 37.5 Å². The fourth-order valence-corrected chi connectivity index (χ4v) is 4.75. The third kappa shape index (κ3) is 5.03. The summed E-state index contributed by atoms with van der Waals surface area (Å²) in [6.07, 6.45) is 2.78. The van der Waals surface area contributed by atoms with Gasteiger partial charge in [0.25, 0.3) is 0 Å². The SMILES string of the molecule is O=C(c1cc(F)ccc1OCC1CC1)C1CC2COCC(C1)N2C(=O)OCc1ccccc1. The van der Waals surface area contributed by atoms with Crippen LogP contribution in [0.3, 0.4) is 0 Å². The molecule has 2 atom stereocenters. The van der Waals surface area contributed by atoms with Gasteiger partial charge >= 0.3 is 6.09 Å². The first-order valence-corrected chi connectivity index (χ1v) is 11.6. The van der Waals surface area contributed by atoms with Crippen molar-refractivity contribution < 1.29 is 28.2 Å². The van der Waals surface area contributed by atoms with E-state index in [2.05, 4.69) is 0 Å². The molecule has 2 aliphatic heterocycles. The van der Waals surface area contributed by atoms with Crippen LogP contribution in [0, 0.1) is 17.7 Å². The van der Waals surface area contributed by atoms with Crippen LogP contribution in [0.1, 0.15) is 41.6 Å². The number of rotatable bonds is 7. The summed E-state index contributed by atoms with van der Waals surface area (Å²) < 4.78 is 31.1. The first-order chi connectivity index (χ1) is 16.1. The lowest BCUT2D eigenvalue weighted by atomic mass is 9.80. The van der Waals surface area contributed by atoms with Crippen molar-refractivity contribution in [2.45, 2.75) is 44.4 Å². The highest BCUT2D eigenvalue weighted by molar-refractivity contribution is 6.00. The summed E-state index contributed by atoms with van der Waals surface area (Å²) in [5.41, 5.74) is 1.21. The maximum absolute atomic E-state index is 14.0. The van der Waals surface area contributed by atoms with Crippen molar-refractivity contribution in [3.05, 3.63) is 65.5 Å². The first kappa shape index (κ1) is 21.9. The second-order valence-electron chi connectivity index (χ2n) is 9.22. The van der Waals surface area contributed by atoms with Crippen LogP contribution in [0.15, 0.2) is 48.5 Å². The molecular formula is C26H28FNO5. The number of hydrogen-bond acceptors (Lipinski definition) is 5. The van der Waals surface area contributed by atoms with Gasteiger partial charge in [-0.1, -0.05) is 30.3 Å². The van der Waals surface area contributed by atoms with Crippen molar-refractivity contribution >= 4 is 11.9 Å². The molecule has 174 valence electrons. The molecule has 2 saturated heterocycles. The lowest BCUT2D eigenvalue weighted by Gasteiger charge is -2.47. The zero-order chi connectivity index (χ0) is 22.8. The van der Waals surface area contributed by atoms with Gasteiger partial charge in [-0.2, -0.15) is 0 Å². The van der Waals surface area contributed by atoms with Crippen molar-refractivity contribution in [2.75, 3.05) is 19.8 Å². The molecule has 2 bridgehead atoms. The number of carbonyl (C=O) groups is 2. The number of fused-ring (bicyclic) bond motifs is 2. The van der Waals surface area contributed by atoms with E-state index in [9.17, 15) is 14.0 Å². The molecule has 0 N–H and O–H groups in total. The molecule has 3 fully saturated rings. The standard InChI is InChI=1S/C26H28FNO5/c27-20-8-9-24(32-13-18-6-7-18)23(12-20)25(29)19-10-21-15-31-16-22(11-19)28(21)26(30)33-14-17-4-2-1-3-5-17/h1-5,8-9,12,18-19,21-22H,6-7,10-11,13-16H2. The molecule has 1 amide bonds. The zero-order valence-electron chi connectivity index (χ0n) is 18.5. The Morgan fingerprint density at radius 3 is 2.45 bits per heavy atom. The highest BCUT2D eigenvalue weighted by atomic mass is 19.1. The summed E-state index contributed by atoms with van der Waals surface area (Å²) in [6, 6.07) is 13.2. The van der Waals surface area contributed by atoms with Gasteiger partial charge in [-0.25, -0.2) is 9.18 Å². The molecule has 7 heteroatoms. The second-order valence-corrected chi connectivity index (χ2v) is 9.22. The molecule has 3 aliphatic rings. The van der Waals surface area contributed by atoms with Gasteiger partial charge in [-0.05, 0) is 55.4 Å². The van der Waals surface area contributed by atoms with Gasteiger partial charge in [0, 0.05) is 5.92 Å². The molecule has 5 rings (SSSR count). The summed E-state index contributed by atoms with van der Waals surface area (Å²) in [6.45, 7) is 1.46. The molecule has 0 radical (unpaired) electrons. The molecule has 1 aliphatic carbocycles. The lowest BCUT2D eigenvalue weighted by Crippen LogP contribution is -2.59. The predicted molar refractivity (Wildman–Crippen MR) is 119 cm³/mol. The molecular weight excluding hydrogens is 425 g/mol. The average molecular weight is 454 g/mol. The molecule has 6 nitrogen and oxygen atoms in total. The van der Waals surface area contributed by atoms with E-state index in [1.165, 1.54) is 12.1 Å². The first-order valence-electron chi connectivity index (χ1n) is 11.6. The van der Waals surface area contributed by atoms with Gasteiger partial charge in [-0.15, -0.1) is 0 Å². The molecule has 2 aromatic rings. The topological polar surface area (TPSA) is 65.1 Å². The molecule has 2 heterocycles. The molecule has 2 aromatic carbocycles. The summed E-state index contributed by atoms with van der Waals surface area (Å²) in [5.74, 6) is 0.0586. The minimum Gasteiger partial charge on any atom is -0.493 e. The normalized spacial score (nSPS) is 24.3. The Kier molecular flexibility index (Phi) is 6.31. The maximum atomic E-state index is 14.0. The third-order valence-corrected chi connectivity index (χ3v) is 6.69. The Labute approximate surface area is 192 Å². The quantitative estimate of drug-likeness (QED) is 0.573. The van der Waals surface area contributed by atoms with Crippen LogP contribution in [0.2, 0.25) is 0 Å². The number of ketones is 1. The number of ether oxygens (including phenoxy) is 3. The van der Waals surface area contributed by atoms with Crippen molar-refractivity contribution in [3.8, 4) is 5.75 Å². The summed E-state index contributed by atoms with van der Waals surface area (Å²) >= 11 is 0. The highest BCUT2D eigenvalue weighted by Crippen LogP contribution is 2.36. The lowest BCUT2D eigenvalue weighted by molar-refractivity contribution is -0.0755. The van der Waals surface area contributed by atoms with E-state index in [-0.39, 0.29) is 36.5 Å². The molecule has 2 unspecified atom stereocenters. The second kappa shape index (κ2) is 9.51. The Hall–Kier alpha value is -2.93. The average Bonchev–Trinajstić information content (AvgIpc) is 3.65. The number of benzene rings is 2. The van der Waals surface area contributed by atoms with Crippen LogP contribution >= 0.6 is 0 Å². The van der Waals surface area contributed by atoms with Crippen LogP contribution in [0.5, 0.6) is 5.75 Å². The molecule has 0 aromatic heterocycles. The summed E-state index contributed by atoms with van der Waals surface area (Å²) in [5, 5.41) is 0. The minimum atomic E-state index is -0.456. The number of amides is 1. The van der Waals surface area contributed by atoms with E-state index in [0.29, 0.717) is 49.9 Å². The number of carbonyl (C=O) groups excluding carboxylic acids is 2. The van der Waals surface area contributed by atoms with E-state index in [4.69, 9.17) is 14.2 Å².